The second-order valence-corrected chi connectivity index (χ2v) is 4.89. The van der Waals surface area contributed by atoms with E-state index in [9.17, 15) is 14.7 Å². The third-order valence-electron chi connectivity index (χ3n) is 3.41. The third kappa shape index (κ3) is 4.29. The molecule has 4 atom stereocenters. The number of carbonyl (C=O) groups is 2. The van der Waals surface area contributed by atoms with Crippen LogP contribution in [0.3, 0.4) is 0 Å². The molecule has 1 aliphatic carbocycles. The normalized spacial score (nSPS) is 29.6. The summed E-state index contributed by atoms with van der Waals surface area (Å²) >= 11 is 0. The summed E-state index contributed by atoms with van der Waals surface area (Å²) in [4.78, 5) is 21.9. The van der Waals surface area contributed by atoms with Crippen molar-refractivity contribution in [3.63, 3.8) is 0 Å². The Morgan fingerprint density at radius 1 is 1.25 bits per heavy atom. The summed E-state index contributed by atoms with van der Waals surface area (Å²) in [5.41, 5.74) is 12.3. The number of aliphatic hydroxyl groups is 1. The Bertz CT molecular complexity index is 396. The van der Waals surface area contributed by atoms with E-state index >= 15 is 0 Å². The Labute approximate surface area is 117 Å². The molecule has 0 radical (unpaired) electrons. The monoisotopic (exact) mass is 286 g/mol. The number of aliphatic hydroxyl groups excluding tert-OH is 1. The first-order valence-electron chi connectivity index (χ1n) is 6.47. The highest BCUT2D eigenvalue weighted by Crippen LogP contribution is 2.31. The maximum atomic E-state index is 11.0. The second kappa shape index (κ2) is 7.37. The van der Waals surface area contributed by atoms with Gasteiger partial charge < -0.3 is 26.0 Å². The molecule has 0 bridgehead atoms. The van der Waals surface area contributed by atoms with Gasteiger partial charge in [-0.3, -0.25) is 9.59 Å². The van der Waals surface area contributed by atoms with Crippen LogP contribution in [0.4, 0.5) is 0 Å². The van der Waals surface area contributed by atoms with Crippen LogP contribution in [-0.4, -0.2) is 48.9 Å². The standard InChI is InChI=1S/C13H22N2O5/c1-7(16)19-5-10-9(4-14)3-12(15)13(18)11(10)6-20-8(2)17/h3,10-13,18H,4-6,14-15H2,1-2H3/t10-,11-,12-,13-/m0/s1. The minimum absolute atomic E-state index is 0.00741. The summed E-state index contributed by atoms with van der Waals surface area (Å²) in [6.45, 7) is 2.91. The van der Waals surface area contributed by atoms with Gasteiger partial charge in [-0.2, -0.15) is 0 Å². The van der Waals surface area contributed by atoms with Crippen LogP contribution in [0.15, 0.2) is 11.6 Å². The van der Waals surface area contributed by atoms with Gasteiger partial charge in [0.05, 0.1) is 19.3 Å². The van der Waals surface area contributed by atoms with Crippen LogP contribution in [0.5, 0.6) is 0 Å². The molecule has 0 aromatic carbocycles. The Kier molecular flexibility index (Phi) is 6.12. The van der Waals surface area contributed by atoms with Crippen molar-refractivity contribution in [1.82, 2.24) is 0 Å². The maximum Gasteiger partial charge on any atom is 0.302 e. The predicted octanol–water partition coefficient (Wildman–Crippen LogP) is -1.07. The van der Waals surface area contributed by atoms with E-state index in [1.54, 1.807) is 6.08 Å². The van der Waals surface area contributed by atoms with Crippen LogP contribution in [0.25, 0.3) is 0 Å². The van der Waals surface area contributed by atoms with Gasteiger partial charge >= 0.3 is 11.9 Å². The van der Waals surface area contributed by atoms with Crippen molar-refractivity contribution in [3.05, 3.63) is 11.6 Å². The van der Waals surface area contributed by atoms with Crippen LogP contribution < -0.4 is 11.5 Å². The van der Waals surface area contributed by atoms with Crippen molar-refractivity contribution in [2.45, 2.75) is 26.0 Å². The smallest absolute Gasteiger partial charge is 0.302 e. The van der Waals surface area contributed by atoms with E-state index in [2.05, 4.69) is 0 Å². The van der Waals surface area contributed by atoms with Crippen molar-refractivity contribution in [3.8, 4) is 0 Å². The van der Waals surface area contributed by atoms with Gasteiger partial charge in [0.1, 0.15) is 0 Å². The molecule has 7 heteroatoms. The third-order valence-corrected chi connectivity index (χ3v) is 3.41. The van der Waals surface area contributed by atoms with E-state index in [4.69, 9.17) is 20.9 Å². The van der Waals surface area contributed by atoms with Crippen molar-refractivity contribution in [2.75, 3.05) is 19.8 Å². The number of hydrogen-bond donors (Lipinski definition) is 3. The molecule has 20 heavy (non-hydrogen) atoms. The minimum atomic E-state index is -0.884. The van der Waals surface area contributed by atoms with Crippen LogP contribution in [0, 0.1) is 11.8 Å². The van der Waals surface area contributed by atoms with Crippen molar-refractivity contribution >= 4 is 11.9 Å². The Morgan fingerprint density at radius 3 is 2.30 bits per heavy atom. The molecule has 0 heterocycles. The number of hydrogen-bond acceptors (Lipinski definition) is 7. The fourth-order valence-corrected chi connectivity index (χ4v) is 2.35. The second-order valence-electron chi connectivity index (χ2n) is 4.89. The fourth-order valence-electron chi connectivity index (χ4n) is 2.35. The van der Waals surface area contributed by atoms with Crippen molar-refractivity contribution in [2.24, 2.45) is 23.3 Å². The lowest BCUT2D eigenvalue weighted by Crippen LogP contribution is -2.50. The zero-order valence-electron chi connectivity index (χ0n) is 11.7. The van der Waals surface area contributed by atoms with E-state index in [-0.39, 0.29) is 25.7 Å². The molecular weight excluding hydrogens is 264 g/mol. The fraction of sp³-hybridized carbons (Fsp3) is 0.692. The SMILES string of the molecule is CC(=O)OC[C@@H]1[C@H](O)[C@@H](N)C=C(CN)[C@@H]1COC(C)=O. The van der Waals surface area contributed by atoms with E-state index in [1.165, 1.54) is 13.8 Å². The summed E-state index contributed by atoms with van der Waals surface area (Å²) in [6, 6.07) is -0.581. The number of ether oxygens (including phenoxy) is 2. The first-order valence-corrected chi connectivity index (χ1v) is 6.47. The minimum Gasteiger partial charge on any atom is -0.465 e. The van der Waals surface area contributed by atoms with Crippen LogP contribution in [0.1, 0.15) is 13.8 Å². The first-order chi connectivity index (χ1) is 9.36. The number of nitrogens with two attached hydrogens (primary N) is 2. The molecule has 0 saturated carbocycles. The van der Waals surface area contributed by atoms with E-state index in [0.717, 1.165) is 5.57 Å². The molecule has 0 aliphatic heterocycles. The molecule has 1 aliphatic rings. The van der Waals surface area contributed by atoms with E-state index in [1.807, 2.05) is 0 Å². The highest BCUT2D eigenvalue weighted by atomic mass is 16.5. The molecule has 0 unspecified atom stereocenters. The summed E-state index contributed by atoms with van der Waals surface area (Å²) in [7, 11) is 0. The molecule has 1 rings (SSSR count). The number of esters is 2. The highest BCUT2D eigenvalue weighted by Gasteiger charge is 2.38. The van der Waals surface area contributed by atoms with Crippen LogP contribution in [0.2, 0.25) is 0 Å². The molecule has 0 amide bonds. The lowest BCUT2D eigenvalue weighted by atomic mass is 9.75. The van der Waals surface area contributed by atoms with Gasteiger partial charge in [-0.05, 0) is 0 Å². The molecule has 0 saturated heterocycles. The Balaban J connectivity index is 2.89. The summed E-state index contributed by atoms with van der Waals surface area (Å²) in [5.74, 6) is -1.62. The molecule has 0 aromatic rings. The van der Waals surface area contributed by atoms with Crippen molar-refractivity contribution < 1.29 is 24.2 Å². The van der Waals surface area contributed by atoms with E-state index < -0.39 is 30.0 Å². The lowest BCUT2D eigenvalue weighted by molar-refractivity contribution is -0.148. The predicted molar refractivity (Wildman–Crippen MR) is 71.4 cm³/mol. The highest BCUT2D eigenvalue weighted by molar-refractivity contribution is 5.66. The van der Waals surface area contributed by atoms with E-state index in [0.29, 0.717) is 0 Å². The van der Waals surface area contributed by atoms with Gasteiger partial charge in [-0.1, -0.05) is 11.6 Å². The summed E-state index contributed by atoms with van der Waals surface area (Å²) in [5, 5.41) is 10.2. The molecule has 0 spiro atoms. The average molecular weight is 286 g/mol. The molecule has 7 nitrogen and oxygen atoms in total. The lowest BCUT2D eigenvalue weighted by Gasteiger charge is -2.38. The zero-order valence-corrected chi connectivity index (χ0v) is 11.7. The van der Waals surface area contributed by atoms with Gasteiger partial charge in [-0.25, -0.2) is 0 Å². The van der Waals surface area contributed by atoms with Gasteiger partial charge in [0, 0.05) is 38.3 Å². The topological polar surface area (TPSA) is 125 Å². The van der Waals surface area contributed by atoms with Crippen LogP contribution >= 0.6 is 0 Å². The van der Waals surface area contributed by atoms with Gasteiger partial charge in [0.15, 0.2) is 0 Å². The Hall–Kier alpha value is -1.44. The zero-order chi connectivity index (χ0) is 15.3. The van der Waals surface area contributed by atoms with Crippen LogP contribution in [-0.2, 0) is 19.1 Å². The number of rotatable bonds is 5. The average Bonchev–Trinajstić information content (AvgIpc) is 2.37. The first kappa shape index (κ1) is 16.6. The van der Waals surface area contributed by atoms with Gasteiger partial charge in [0.25, 0.3) is 0 Å². The number of carbonyl (C=O) groups excluding carboxylic acids is 2. The summed E-state index contributed by atoms with van der Waals surface area (Å²) < 4.78 is 9.97. The maximum absolute atomic E-state index is 11.0. The quantitative estimate of drug-likeness (QED) is 0.434. The molecule has 0 fully saturated rings. The Morgan fingerprint density at radius 2 is 1.80 bits per heavy atom. The molecular formula is C13H22N2O5. The summed E-state index contributed by atoms with van der Waals surface area (Å²) in [6.07, 6.45) is 0.800. The largest absolute Gasteiger partial charge is 0.465 e. The molecule has 0 aromatic heterocycles. The van der Waals surface area contributed by atoms with Gasteiger partial charge in [-0.15, -0.1) is 0 Å². The molecule has 5 N–H and O–H groups in total. The molecule has 114 valence electrons. The van der Waals surface area contributed by atoms with Gasteiger partial charge in [0.2, 0.25) is 0 Å². The van der Waals surface area contributed by atoms with Crippen molar-refractivity contribution in [1.29, 1.82) is 0 Å².